The number of nitrogens with two attached hydrogens (primary N) is 1. The fraction of sp³-hybridized carbons (Fsp3) is 0.636. The zero-order valence-corrected chi connectivity index (χ0v) is 9.16. The Morgan fingerprint density at radius 3 is 2.77 bits per heavy atom. The third kappa shape index (κ3) is 1.94. The van der Waals surface area contributed by atoms with Gasteiger partial charge >= 0.3 is 0 Å². The Morgan fingerprint density at radius 1 is 1.62 bits per heavy atom. The Labute approximate surface area is 84.0 Å². The standard InChI is InChI=1S/C11H17NS/c1-8-5-9(7-13-8)6-10(12)11(2)3-4-11/h5,7,10H,3-4,6,12H2,1-2H3. The van der Waals surface area contributed by atoms with E-state index in [0.29, 0.717) is 11.5 Å². The summed E-state index contributed by atoms with van der Waals surface area (Å²) in [7, 11) is 0. The molecule has 0 radical (unpaired) electrons. The maximum Gasteiger partial charge on any atom is 0.0134 e. The average molecular weight is 195 g/mol. The van der Waals surface area contributed by atoms with Gasteiger partial charge in [0.1, 0.15) is 0 Å². The number of rotatable bonds is 3. The highest BCUT2D eigenvalue weighted by Crippen LogP contribution is 2.48. The summed E-state index contributed by atoms with van der Waals surface area (Å²) in [6, 6.07) is 2.62. The minimum absolute atomic E-state index is 0.362. The molecule has 1 heterocycles. The predicted molar refractivity (Wildman–Crippen MR) is 58.1 cm³/mol. The molecule has 0 saturated heterocycles. The molecule has 2 heteroatoms. The molecular weight excluding hydrogens is 178 g/mol. The van der Waals surface area contributed by atoms with Crippen molar-refractivity contribution in [3.8, 4) is 0 Å². The predicted octanol–water partition coefficient (Wildman–Crippen LogP) is 2.73. The molecule has 1 atom stereocenters. The van der Waals surface area contributed by atoms with Crippen molar-refractivity contribution in [3.05, 3.63) is 21.9 Å². The topological polar surface area (TPSA) is 26.0 Å². The second-order valence-electron chi connectivity index (χ2n) is 4.53. The summed E-state index contributed by atoms with van der Waals surface area (Å²) >= 11 is 1.82. The third-order valence-electron chi connectivity index (χ3n) is 3.17. The summed E-state index contributed by atoms with van der Waals surface area (Å²) in [6.07, 6.45) is 3.69. The van der Waals surface area contributed by atoms with E-state index in [1.165, 1.54) is 23.3 Å². The molecule has 1 saturated carbocycles. The van der Waals surface area contributed by atoms with Gasteiger partial charge in [0.25, 0.3) is 0 Å². The zero-order valence-electron chi connectivity index (χ0n) is 8.34. The molecular formula is C11H17NS. The minimum Gasteiger partial charge on any atom is -0.327 e. The molecule has 1 unspecified atom stereocenters. The Balaban J connectivity index is 1.98. The Bertz CT molecular complexity index is 299. The van der Waals surface area contributed by atoms with E-state index in [1.54, 1.807) is 0 Å². The van der Waals surface area contributed by atoms with Gasteiger partial charge in [-0.15, -0.1) is 11.3 Å². The molecule has 0 amide bonds. The molecule has 2 N–H and O–H groups in total. The van der Waals surface area contributed by atoms with Gasteiger partial charge in [0, 0.05) is 10.9 Å². The Kier molecular flexibility index (Phi) is 2.20. The average Bonchev–Trinajstić information content (AvgIpc) is 2.69. The summed E-state index contributed by atoms with van der Waals surface area (Å²) in [5, 5.41) is 2.24. The van der Waals surface area contributed by atoms with Crippen LogP contribution in [-0.4, -0.2) is 6.04 Å². The molecule has 0 aliphatic heterocycles. The molecule has 0 spiro atoms. The van der Waals surface area contributed by atoms with E-state index < -0.39 is 0 Å². The van der Waals surface area contributed by atoms with Gasteiger partial charge in [-0.1, -0.05) is 6.92 Å². The van der Waals surface area contributed by atoms with Crippen molar-refractivity contribution in [3.63, 3.8) is 0 Å². The van der Waals surface area contributed by atoms with E-state index >= 15 is 0 Å². The first-order chi connectivity index (χ1) is 6.10. The normalized spacial score (nSPS) is 21.5. The number of hydrogen-bond acceptors (Lipinski definition) is 2. The van der Waals surface area contributed by atoms with Gasteiger partial charge in [-0.3, -0.25) is 0 Å². The molecule has 0 aromatic carbocycles. The fourth-order valence-corrected chi connectivity index (χ4v) is 2.39. The second-order valence-corrected chi connectivity index (χ2v) is 5.65. The van der Waals surface area contributed by atoms with Crippen molar-refractivity contribution in [2.45, 2.75) is 39.2 Å². The van der Waals surface area contributed by atoms with Crippen LogP contribution in [0.2, 0.25) is 0 Å². The van der Waals surface area contributed by atoms with Gasteiger partial charge in [0.05, 0.1) is 0 Å². The van der Waals surface area contributed by atoms with Crippen molar-refractivity contribution < 1.29 is 0 Å². The van der Waals surface area contributed by atoms with E-state index in [0.717, 1.165) is 6.42 Å². The van der Waals surface area contributed by atoms with Gasteiger partial charge in [0.2, 0.25) is 0 Å². The van der Waals surface area contributed by atoms with Gasteiger partial charge in [-0.05, 0) is 48.6 Å². The maximum atomic E-state index is 6.16. The van der Waals surface area contributed by atoms with Gasteiger partial charge in [-0.25, -0.2) is 0 Å². The largest absolute Gasteiger partial charge is 0.327 e. The van der Waals surface area contributed by atoms with E-state index in [4.69, 9.17) is 5.73 Å². The molecule has 0 bridgehead atoms. The smallest absolute Gasteiger partial charge is 0.0134 e. The van der Waals surface area contributed by atoms with Crippen molar-refractivity contribution in [1.82, 2.24) is 0 Å². The lowest BCUT2D eigenvalue weighted by Gasteiger charge is -2.17. The minimum atomic E-state index is 0.362. The van der Waals surface area contributed by atoms with Crippen molar-refractivity contribution in [2.24, 2.45) is 11.1 Å². The van der Waals surface area contributed by atoms with Crippen molar-refractivity contribution in [2.75, 3.05) is 0 Å². The molecule has 1 aliphatic rings. The van der Waals surface area contributed by atoms with Crippen molar-refractivity contribution >= 4 is 11.3 Å². The van der Waals surface area contributed by atoms with E-state index in [1.807, 2.05) is 11.3 Å². The molecule has 1 aromatic rings. The molecule has 2 rings (SSSR count). The van der Waals surface area contributed by atoms with Crippen LogP contribution in [0.25, 0.3) is 0 Å². The SMILES string of the molecule is Cc1cc(CC(N)C2(C)CC2)cs1. The highest BCUT2D eigenvalue weighted by atomic mass is 32.1. The summed E-state index contributed by atoms with van der Waals surface area (Å²) in [5.41, 5.74) is 8.03. The molecule has 1 nitrogen and oxygen atoms in total. The summed E-state index contributed by atoms with van der Waals surface area (Å²) < 4.78 is 0. The van der Waals surface area contributed by atoms with Crippen molar-refractivity contribution in [1.29, 1.82) is 0 Å². The zero-order chi connectivity index (χ0) is 9.47. The summed E-state index contributed by atoms with van der Waals surface area (Å²) in [6.45, 7) is 4.45. The van der Waals surface area contributed by atoms with Crippen LogP contribution in [0, 0.1) is 12.3 Å². The van der Waals surface area contributed by atoms with Gasteiger partial charge < -0.3 is 5.73 Å². The highest BCUT2D eigenvalue weighted by Gasteiger charge is 2.42. The van der Waals surface area contributed by atoms with E-state index in [9.17, 15) is 0 Å². The lowest BCUT2D eigenvalue weighted by atomic mass is 9.94. The summed E-state index contributed by atoms with van der Waals surface area (Å²) in [5.74, 6) is 0. The molecule has 1 fully saturated rings. The second kappa shape index (κ2) is 3.10. The first-order valence-electron chi connectivity index (χ1n) is 4.90. The van der Waals surface area contributed by atoms with Crippen LogP contribution in [0.4, 0.5) is 0 Å². The molecule has 1 aliphatic carbocycles. The lowest BCUT2D eigenvalue weighted by molar-refractivity contribution is 0.433. The summed E-state index contributed by atoms with van der Waals surface area (Å²) in [4.78, 5) is 1.39. The van der Waals surface area contributed by atoms with E-state index in [-0.39, 0.29) is 0 Å². The van der Waals surface area contributed by atoms with Crippen LogP contribution in [0.1, 0.15) is 30.2 Å². The highest BCUT2D eigenvalue weighted by molar-refractivity contribution is 7.10. The third-order valence-corrected chi connectivity index (χ3v) is 4.08. The number of hydrogen-bond donors (Lipinski definition) is 1. The van der Waals surface area contributed by atoms with Gasteiger partial charge in [0.15, 0.2) is 0 Å². The first kappa shape index (κ1) is 9.22. The van der Waals surface area contributed by atoms with Crippen LogP contribution in [-0.2, 0) is 6.42 Å². The molecule has 1 aromatic heterocycles. The number of thiophene rings is 1. The quantitative estimate of drug-likeness (QED) is 0.788. The lowest BCUT2D eigenvalue weighted by Crippen LogP contribution is -2.31. The van der Waals surface area contributed by atoms with Crippen LogP contribution in [0.15, 0.2) is 11.4 Å². The van der Waals surface area contributed by atoms with E-state index in [2.05, 4.69) is 25.3 Å². The van der Waals surface area contributed by atoms with Gasteiger partial charge in [-0.2, -0.15) is 0 Å². The van der Waals surface area contributed by atoms with Crippen LogP contribution in [0.3, 0.4) is 0 Å². The Morgan fingerprint density at radius 2 is 2.31 bits per heavy atom. The Hall–Kier alpha value is -0.340. The maximum absolute atomic E-state index is 6.16. The van der Waals surface area contributed by atoms with Crippen LogP contribution in [0.5, 0.6) is 0 Å². The van der Waals surface area contributed by atoms with Crippen LogP contribution >= 0.6 is 11.3 Å². The first-order valence-corrected chi connectivity index (χ1v) is 5.78. The molecule has 72 valence electrons. The number of aryl methyl sites for hydroxylation is 1. The molecule has 13 heavy (non-hydrogen) atoms. The van der Waals surface area contributed by atoms with Crippen LogP contribution < -0.4 is 5.73 Å². The monoisotopic (exact) mass is 195 g/mol. The fourth-order valence-electron chi connectivity index (χ4n) is 1.67.